The van der Waals surface area contributed by atoms with E-state index in [4.69, 9.17) is 4.74 Å². The van der Waals surface area contributed by atoms with Crippen LogP contribution in [0.15, 0.2) is 41.3 Å². The maximum Gasteiger partial charge on any atom is 0.272 e. The molecule has 0 radical (unpaired) electrons. The number of hydrogen-bond donors (Lipinski definition) is 3. The zero-order chi connectivity index (χ0) is 20.3. The zero-order valence-electron chi connectivity index (χ0n) is 15.5. The number of aryl methyl sites for hydroxylation is 3. The van der Waals surface area contributed by atoms with Crippen LogP contribution in [0.3, 0.4) is 0 Å². The molecule has 3 N–H and O–H groups in total. The summed E-state index contributed by atoms with van der Waals surface area (Å²) in [5.41, 5.74) is 5.46. The predicted molar refractivity (Wildman–Crippen MR) is 103 cm³/mol. The van der Waals surface area contributed by atoms with E-state index in [0.717, 1.165) is 16.7 Å². The molecule has 0 aromatic heterocycles. The number of benzene rings is 2. The van der Waals surface area contributed by atoms with Gasteiger partial charge in [0.15, 0.2) is 6.61 Å². The lowest BCUT2D eigenvalue weighted by molar-refractivity contribution is -0.123. The highest BCUT2D eigenvalue weighted by molar-refractivity contribution is 7.89. The van der Waals surface area contributed by atoms with Crippen LogP contribution >= 0.6 is 0 Å². The van der Waals surface area contributed by atoms with Gasteiger partial charge in [-0.25, -0.2) is 8.42 Å². The summed E-state index contributed by atoms with van der Waals surface area (Å²) < 4.78 is 30.2. The van der Waals surface area contributed by atoms with E-state index in [-0.39, 0.29) is 17.4 Å². The van der Waals surface area contributed by atoms with E-state index in [1.54, 1.807) is 12.1 Å². The number of hydrogen-bond acceptors (Lipinski definition) is 5. The quantitative estimate of drug-likeness (QED) is 0.634. The molecule has 1 aliphatic heterocycles. The van der Waals surface area contributed by atoms with Crippen molar-refractivity contribution in [2.75, 3.05) is 11.9 Å². The van der Waals surface area contributed by atoms with Gasteiger partial charge in [0.1, 0.15) is 5.75 Å². The van der Waals surface area contributed by atoms with E-state index in [0.29, 0.717) is 24.3 Å². The van der Waals surface area contributed by atoms with Crippen LogP contribution in [0.25, 0.3) is 0 Å². The molecule has 0 atom stereocenters. The SMILES string of the molecule is Cc1cc(C)cc(OCC(=O)NNS(=O)(=O)c2ccc3c(c2)CCC(=O)N3)c1. The molecule has 0 saturated carbocycles. The van der Waals surface area contributed by atoms with Gasteiger partial charge in [0.2, 0.25) is 5.91 Å². The number of rotatable bonds is 6. The predicted octanol–water partition coefficient (Wildman–Crippen LogP) is 1.58. The molecule has 148 valence electrons. The Balaban J connectivity index is 1.58. The molecule has 0 unspecified atom stereocenters. The molecule has 9 heteroatoms. The van der Waals surface area contributed by atoms with Crippen LogP contribution in [-0.2, 0) is 26.0 Å². The molecule has 8 nitrogen and oxygen atoms in total. The third-order valence-corrected chi connectivity index (χ3v) is 5.42. The maximum atomic E-state index is 12.4. The zero-order valence-corrected chi connectivity index (χ0v) is 16.4. The van der Waals surface area contributed by atoms with Gasteiger partial charge in [-0.05, 0) is 67.3 Å². The van der Waals surface area contributed by atoms with Crippen molar-refractivity contribution in [2.45, 2.75) is 31.6 Å². The van der Waals surface area contributed by atoms with Crippen LogP contribution in [0.2, 0.25) is 0 Å². The summed E-state index contributed by atoms with van der Waals surface area (Å²) in [6, 6.07) is 9.93. The largest absolute Gasteiger partial charge is 0.484 e. The minimum atomic E-state index is -3.95. The van der Waals surface area contributed by atoms with Crippen molar-refractivity contribution < 1.29 is 22.7 Å². The van der Waals surface area contributed by atoms with Crippen molar-refractivity contribution in [1.82, 2.24) is 10.3 Å². The summed E-state index contributed by atoms with van der Waals surface area (Å²) in [5.74, 6) is -0.197. The fourth-order valence-electron chi connectivity index (χ4n) is 2.91. The maximum absolute atomic E-state index is 12.4. The molecule has 0 bridgehead atoms. The van der Waals surface area contributed by atoms with Gasteiger partial charge in [-0.15, -0.1) is 4.83 Å². The first-order chi connectivity index (χ1) is 13.2. The van der Waals surface area contributed by atoms with Crippen molar-refractivity contribution in [3.63, 3.8) is 0 Å². The van der Waals surface area contributed by atoms with Gasteiger partial charge in [0.05, 0.1) is 4.90 Å². The molecule has 1 heterocycles. The van der Waals surface area contributed by atoms with Gasteiger partial charge >= 0.3 is 0 Å². The normalized spacial score (nSPS) is 13.4. The van der Waals surface area contributed by atoms with Crippen LogP contribution in [0.4, 0.5) is 5.69 Å². The number of amides is 2. The number of fused-ring (bicyclic) bond motifs is 1. The average molecular weight is 403 g/mol. The lowest BCUT2D eigenvalue weighted by atomic mass is 10.0. The number of nitrogens with one attached hydrogen (secondary N) is 3. The number of anilines is 1. The molecular weight excluding hydrogens is 382 g/mol. The molecule has 2 aromatic rings. The fourth-order valence-corrected chi connectivity index (χ4v) is 3.82. The van der Waals surface area contributed by atoms with E-state index in [1.807, 2.05) is 19.9 Å². The summed E-state index contributed by atoms with van der Waals surface area (Å²) in [5, 5.41) is 2.69. The van der Waals surface area contributed by atoms with Crippen molar-refractivity contribution in [2.24, 2.45) is 0 Å². The molecule has 0 saturated heterocycles. The number of carbonyl (C=O) groups is 2. The van der Waals surface area contributed by atoms with Crippen LogP contribution in [-0.4, -0.2) is 26.8 Å². The smallest absolute Gasteiger partial charge is 0.272 e. The third kappa shape index (κ3) is 4.87. The van der Waals surface area contributed by atoms with Gasteiger partial charge in [-0.2, -0.15) is 0 Å². The van der Waals surface area contributed by atoms with E-state index < -0.39 is 15.9 Å². The Kier molecular flexibility index (Phi) is 5.66. The molecule has 0 aliphatic carbocycles. The third-order valence-electron chi connectivity index (χ3n) is 4.17. The topological polar surface area (TPSA) is 114 Å². The highest BCUT2D eigenvalue weighted by atomic mass is 32.2. The Bertz CT molecular complexity index is 1010. The average Bonchev–Trinajstić information content (AvgIpc) is 2.63. The molecule has 1 aliphatic rings. The van der Waals surface area contributed by atoms with Crippen molar-refractivity contribution in [3.8, 4) is 5.75 Å². The van der Waals surface area contributed by atoms with E-state index in [2.05, 4.69) is 15.6 Å². The Morgan fingerprint density at radius 2 is 1.82 bits per heavy atom. The Morgan fingerprint density at radius 3 is 2.54 bits per heavy atom. The highest BCUT2D eigenvalue weighted by Gasteiger charge is 2.20. The highest BCUT2D eigenvalue weighted by Crippen LogP contribution is 2.25. The molecular formula is C19H21N3O5S. The minimum absolute atomic E-state index is 0.00192. The second kappa shape index (κ2) is 7.99. The van der Waals surface area contributed by atoms with Crippen molar-refractivity contribution in [1.29, 1.82) is 0 Å². The van der Waals surface area contributed by atoms with Gasteiger partial charge in [0, 0.05) is 12.1 Å². The molecule has 2 amide bonds. The van der Waals surface area contributed by atoms with E-state index >= 15 is 0 Å². The number of sulfonamides is 1. The summed E-state index contributed by atoms with van der Waals surface area (Å²) in [7, 11) is -3.95. The molecule has 0 fully saturated rings. The summed E-state index contributed by atoms with van der Waals surface area (Å²) >= 11 is 0. The van der Waals surface area contributed by atoms with Crippen molar-refractivity contribution in [3.05, 3.63) is 53.1 Å². The Hall–Kier alpha value is -2.91. The van der Waals surface area contributed by atoms with Gasteiger partial charge in [0.25, 0.3) is 15.9 Å². The lowest BCUT2D eigenvalue weighted by Crippen LogP contribution is -2.43. The Labute approximate surface area is 163 Å². The van der Waals surface area contributed by atoms with Gasteiger partial charge in [-0.1, -0.05) is 6.07 Å². The first-order valence-corrected chi connectivity index (χ1v) is 10.2. The first kappa shape index (κ1) is 19.8. The van der Waals surface area contributed by atoms with E-state index in [9.17, 15) is 18.0 Å². The molecule has 2 aromatic carbocycles. The second-order valence-electron chi connectivity index (χ2n) is 6.63. The van der Waals surface area contributed by atoms with Crippen molar-refractivity contribution >= 4 is 27.5 Å². The summed E-state index contributed by atoms with van der Waals surface area (Å²) in [6.45, 7) is 3.50. The van der Waals surface area contributed by atoms with E-state index in [1.165, 1.54) is 18.2 Å². The summed E-state index contributed by atoms with van der Waals surface area (Å²) in [4.78, 5) is 25.4. The fraction of sp³-hybridized carbons (Fsp3) is 0.263. The standard InChI is InChI=1S/C19H21N3O5S/c1-12-7-13(2)9-15(8-12)27-11-19(24)21-22-28(25,26)16-4-5-17-14(10-16)3-6-18(23)20-17/h4-5,7-10,22H,3,6,11H2,1-2H3,(H,20,23)(H,21,24). The van der Waals surface area contributed by atoms with Gasteiger partial charge < -0.3 is 10.1 Å². The molecule has 3 rings (SSSR count). The second-order valence-corrected chi connectivity index (χ2v) is 8.32. The molecule has 0 spiro atoms. The van der Waals surface area contributed by atoms with Crippen LogP contribution < -0.4 is 20.3 Å². The first-order valence-electron chi connectivity index (χ1n) is 8.67. The van der Waals surface area contributed by atoms with Crippen LogP contribution in [0, 0.1) is 13.8 Å². The van der Waals surface area contributed by atoms with Crippen LogP contribution in [0.1, 0.15) is 23.1 Å². The monoisotopic (exact) mass is 403 g/mol. The minimum Gasteiger partial charge on any atom is -0.484 e. The lowest BCUT2D eigenvalue weighted by Gasteiger charge is -2.17. The molecule has 28 heavy (non-hydrogen) atoms. The summed E-state index contributed by atoms with van der Waals surface area (Å²) in [6.07, 6.45) is 0.761. The van der Waals surface area contributed by atoms with Crippen LogP contribution in [0.5, 0.6) is 5.75 Å². The number of hydrazine groups is 1. The number of carbonyl (C=O) groups excluding carboxylic acids is 2. The van der Waals surface area contributed by atoms with Gasteiger partial charge in [-0.3, -0.25) is 15.0 Å². The number of ether oxygens (including phenoxy) is 1. The Morgan fingerprint density at radius 1 is 1.11 bits per heavy atom.